The van der Waals surface area contributed by atoms with Crippen molar-refractivity contribution in [2.75, 3.05) is 12.4 Å². The maximum atomic E-state index is 13.6. The molecule has 182 valence electrons. The summed E-state index contributed by atoms with van der Waals surface area (Å²) in [5.41, 5.74) is 0.754. The van der Waals surface area contributed by atoms with Crippen molar-refractivity contribution in [3.63, 3.8) is 0 Å². The molecule has 10 heteroatoms. The summed E-state index contributed by atoms with van der Waals surface area (Å²) in [5.74, 6) is -0.421. The van der Waals surface area contributed by atoms with Gasteiger partial charge in [0.1, 0.15) is 11.3 Å². The minimum absolute atomic E-state index is 0.0729. The number of nitrogens with zero attached hydrogens (tertiary/aromatic N) is 3. The molecule has 0 aliphatic carbocycles. The zero-order chi connectivity index (χ0) is 25.3. The number of methoxy groups -OCH3 is 1. The van der Waals surface area contributed by atoms with Crippen LogP contribution in [0.3, 0.4) is 0 Å². The molecule has 2 heterocycles. The number of nitrogens with one attached hydrogen (secondary N) is 1. The predicted octanol–water partition coefficient (Wildman–Crippen LogP) is 4.28. The first-order chi connectivity index (χ1) is 16.7. The SMILES string of the molecule is COC(=O)[C@H](C)[C@H](C)n1c(=O)nc(Nc2ccc3oc(C)cc3c2)n(Cc2ccc(Cl)cc2)c1=O. The molecular weight excluding hydrogens is 472 g/mol. The molecule has 0 aliphatic rings. The van der Waals surface area contributed by atoms with Crippen molar-refractivity contribution in [1.29, 1.82) is 0 Å². The number of ether oxygens (including phenoxy) is 1. The molecule has 9 nitrogen and oxygen atoms in total. The van der Waals surface area contributed by atoms with Crippen LogP contribution < -0.4 is 16.7 Å². The molecule has 0 saturated carbocycles. The lowest BCUT2D eigenvalue weighted by atomic mass is 10.0. The molecule has 1 N–H and O–H groups in total. The number of hydrogen-bond acceptors (Lipinski definition) is 7. The van der Waals surface area contributed by atoms with E-state index in [0.29, 0.717) is 10.7 Å². The fraction of sp³-hybridized carbons (Fsp3) is 0.280. The first kappa shape index (κ1) is 24.3. The Kier molecular flexibility index (Phi) is 6.79. The molecular formula is C25H25ClN4O5. The van der Waals surface area contributed by atoms with Crippen LogP contribution in [-0.2, 0) is 16.1 Å². The molecule has 0 saturated heterocycles. The highest BCUT2D eigenvalue weighted by Gasteiger charge is 2.27. The van der Waals surface area contributed by atoms with Gasteiger partial charge in [0.05, 0.1) is 25.6 Å². The predicted molar refractivity (Wildman–Crippen MR) is 133 cm³/mol. The van der Waals surface area contributed by atoms with Gasteiger partial charge in [0.2, 0.25) is 5.95 Å². The molecule has 2 atom stereocenters. The van der Waals surface area contributed by atoms with Gasteiger partial charge in [0.25, 0.3) is 0 Å². The molecule has 0 fully saturated rings. The van der Waals surface area contributed by atoms with Crippen molar-refractivity contribution in [1.82, 2.24) is 14.1 Å². The number of anilines is 2. The quantitative estimate of drug-likeness (QED) is 0.380. The van der Waals surface area contributed by atoms with E-state index in [0.717, 1.165) is 26.9 Å². The minimum atomic E-state index is -0.772. The molecule has 0 bridgehead atoms. The Balaban J connectivity index is 1.82. The Labute approximate surface area is 205 Å². The third-order valence-corrected chi connectivity index (χ3v) is 6.21. The minimum Gasteiger partial charge on any atom is -0.469 e. The molecule has 0 aliphatic heterocycles. The molecule has 4 rings (SSSR count). The lowest BCUT2D eigenvalue weighted by Crippen LogP contribution is -2.46. The number of carbonyl (C=O) groups is 1. The summed E-state index contributed by atoms with van der Waals surface area (Å²) in [7, 11) is 1.26. The summed E-state index contributed by atoms with van der Waals surface area (Å²) < 4.78 is 12.7. The van der Waals surface area contributed by atoms with Gasteiger partial charge in [-0.05, 0) is 62.7 Å². The Bertz CT molecular complexity index is 1500. The van der Waals surface area contributed by atoms with E-state index in [4.69, 9.17) is 20.8 Å². The Morgan fingerprint density at radius 2 is 1.86 bits per heavy atom. The highest BCUT2D eigenvalue weighted by atomic mass is 35.5. The zero-order valence-corrected chi connectivity index (χ0v) is 20.5. The second kappa shape index (κ2) is 9.79. The number of aryl methyl sites for hydroxylation is 1. The van der Waals surface area contributed by atoms with Gasteiger partial charge < -0.3 is 14.5 Å². The van der Waals surface area contributed by atoms with Gasteiger partial charge in [-0.15, -0.1) is 0 Å². The monoisotopic (exact) mass is 496 g/mol. The number of hydrogen-bond donors (Lipinski definition) is 1. The summed E-state index contributed by atoms with van der Waals surface area (Å²) in [6, 6.07) is 13.5. The Morgan fingerprint density at radius 1 is 1.14 bits per heavy atom. The first-order valence-corrected chi connectivity index (χ1v) is 11.4. The number of benzene rings is 2. The molecule has 35 heavy (non-hydrogen) atoms. The number of halogens is 1. The summed E-state index contributed by atoms with van der Waals surface area (Å²) in [6.45, 7) is 5.19. The lowest BCUT2D eigenvalue weighted by molar-refractivity contribution is -0.146. The van der Waals surface area contributed by atoms with E-state index in [1.807, 2.05) is 19.1 Å². The highest BCUT2D eigenvalue weighted by Crippen LogP contribution is 2.24. The maximum Gasteiger partial charge on any atom is 0.355 e. The van der Waals surface area contributed by atoms with E-state index in [1.165, 1.54) is 11.7 Å². The summed E-state index contributed by atoms with van der Waals surface area (Å²) in [6.07, 6.45) is 0. The zero-order valence-electron chi connectivity index (χ0n) is 19.7. The molecule has 2 aromatic carbocycles. The van der Waals surface area contributed by atoms with Crippen molar-refractivity contribution in [2.45, 2.75) is 33.4 Å². The normalized spacial score (nSPS) is 12.9. The number of fused-ring (bicyclic) bond motifs is 1. The van der Waals surface area contributed by atoms with E-state index < -0.39 is 29.3 Å². The summed E-state index contributed by atoms with van der Waals surface area (Å²) >= 11 is 6.01. The van der Waals surface area contributed by atoms with Crippen LogP contribution in [-0.4, -0.2) is 27.2 Å². The number of aromatic nitrogens is 3. The van der Waals surface area contributed by atoms with Crippen LogP contribution in [0.2, 0.25) is 5.02 Å². The van der Waals surface area contributed by atoms with Gasteiger partial charge in [-0.1, -0.05) is 23.7 Å². The second-order valence-corrected chi connectivity index (χ2v) is 8.81. The Morgan fingerprint density at radius 3 is 2.54 bits per heavy atom. The van der Waals surface area contributed by atoms with Crippen LogP contribution in [0.5, 0.6) is 0 Å². The van der Waals surface area contributed by atoms with Gasteiger partial charge in [0, 0.05) is 16.1 Å². The fourth-order valence-corrected chi connectivity index (χ4v) is 3.98. The molecule has 2 aromatic heterocycles. The van der Waals surface area contributed by atoms with Crippen molar-refractivity contribution in [2.24, 2.45) is 5.92 Å². The molecule has 0 unspecified atom stereocenters. The molecule has 0 spiro atoms. The largest absolute Gasteiger partial charge is 0.469 e. The average molecular weight is 497 g/mol. The van der Waals surface area contributed by atoms with Crippen LogP contribution in [0.4, 0.5) is 11.6 Å². The van der Waals surface area contributed by atoms with E-state index >= 15 is 0 Å². The first-order valence-electron chi connectivity index (χ1n) is 11.0. The lowest BCUT2D eigenvalue weighted by Gasteiger charge is -2.22. The maximum absolute atomic E-state index is 13.6. The summed E-state index contributed by atoms with van der Waals surface area (Å²) in [4.78, 5) is 42.8. The van der Waals surface area contributed by atoms with E-state index in [1.54, 1.807) is 50.2 Å². The van der Waals surface area contributed by atoms with Gasteiger partial charge in [-0.25, -0.2) is 14.2 Å². The van der Waals surface area contributed by atoms with Crippen molar-refractivity contribution in [3.8, 4) is 0 Å². The van der Waals surface area contributed by atoms with Crippen LogP contribution in [0.25, 0.3) is 11.0 Å². The van der Waals surface area contributed by atoms with E-state index in [2.05, 4.69) is 10.3 Å². The summed E-state index contributed by atoms with van der Waals surface area (Å²) in [5, 5.41) is 4.53. The standard InChI is InChI=1S/C25H25ClN4O5/c1-14-11-18-12-20(9-10-21(18)35-14)27-23-28-24(32)30(16(3)15(2)22(31)34-4)25(33)29(23)13-17-5-7-19(26)8-6-17/h5-12,15-16H,13H2,1-4H3,(H,27,28,32)/t15-,16+/m1/s1. The van der Waals surface area contributed by atoms with E-state index in [9.17, 15) is 14.4 Å². The number of esters is 1. The van der Waals surface area contributed by atoms with Gasteiger partial charge in [-0.3, -0.25) is 9.36 Å². The van der Waals surface area contributed by atoms with Crippen LogP contribution in [0.1, 0.15) is 31.2 Å². The number of rotatable bonds is 7. The highest BCUT2D eigenvalue weighted by molar-refractivity contribution is 6.30. The van der Waals surface area contributed by atoms with Crippen LogP contribution in [0.15, 0.2) is 62.5 Å². The van der Waals surface area contributed by atoms with Gasteiger partial charge in [-0.2, -0.15) is 4.98 Å². The van der Waals surface area contributed by atoms with Crippen LogP contribution in [0, 0.1) is 12.8 Å². The number of furan rings is 1. The van der Waals surface area contributed by atoms with Gasteiger partial charge >= 0.3 is 17.3 Å². The topological polar surface area (TPSA) is 108 Å². The number of carbonyl (C=O) groups excluding carboxylic acids is 1. The van der Waals surface area contributed by atoms with Crippen molar-refractivity contribution in [3.05, 3.63) is 85.8 Å². The smallest absolute Gasteiger partial charge is 0.355 e. The molecule has 0 radical (unpaired) electrons. The molecule has 0 amide bonds. The Hall–Kier alpha value is -3.85. The second-order valence-electron chi connectivity index (χ2n) is 8.37. The third kappa shape index (κ3) is 5.00. The average Bonchev–Trinajstić information content (AvgIpc) is 3.20. The molecule has 4 aromatic rings. The fourth-order valence-electron chi connectivity index (χ4n) is 3.86. The van der Waals surface area contributed by atoms with Crippen molar-refractivity contribution >= 4 is 40.2 Å². The van der Waals surface area contributed by atoms with Crippen molar-refractivity contribution < 1.29 is 13.9 Å². The van der Waals surface area contributed by atoms with Gasteiger partial charge in [0.15, 0.2) is 0 Å². The van der Waals surface area contributed by atoms with E-state index in [-0.39, 0.29) is 12.5 Å². The van der Waals surface area contributed by atoms with Crippen LogP contribution >= 0.6 is 11.6 Å². The third-order valence-electron chi connectivity index (χ3n) is 5.95.